The summed E-state index contributed by atoms with van der Waals surface area (Å²) in [5.41, 5.74) is 4.47. The minimum atomic E-state index is -0.227. The van der Waals surface area contributed by atoms with E-state index in [0.717, 1.165) is 42.6 Å². The van der Waals surface area contributed by atoms with Crippen LogP contribution in [0.4, 0.5) is 0 Å². The average Bonchev–Trinajstić information content (AvgIpc) is 3.51. The van der Waals surface area contributed by atoms with Crippen LogP contribution in [0.25, 0.3) is 11.1 Å². The van der Waals surface area contributed by atoms with E-state index in [1.165, 1.54) is 0 Å². The molecular weight excluding hydrogens is 388 g/mol. The van der Waals surface area contributed by atoms with E-state index in [-0.39, 0.29) is 17.9 Å². The van der Waals surface area contributed by atoms with Crippen molar-refractivity contribution in [3.8, 4) is 17.2 Å². The molecule has 2 aromatic carbocycles. The SMILES string of the molecule is CC(NC(=O)c1c[nH]c(C(=O)N2CCCC2)c1)c1ccc(-c2cccc(C#N)c2)cc1. The number of rotatable bonds is 5. The van der Waals surface area contributed by atoms with Gasteiger partial charge in [-0.15, -0.1) is 0 Å². The van der Waals surface area contributed by atoms with E-state index in [1.807, 2.05) is 54.3 Å². The van der Waals surface area contributed by atoms with Crippen LogP contribution in [-0.2, 0) is 0 Å². The first kappa shape index (κ1) is 20.4. The zero-order chi connectivity index (χ0) is 21.8. The van der Waals surface area contributed by atoms with Crippen LogP contribution < -0.4 is 5.32 Å². The summed E-state index contributed by atoms with van der Waals surface area (Å²) >= 11 is 0. The second kappa shape index (κ2) is 8.88. The maximum absolute atomic E-state index is 12.7. The molecule has 1 atom stereocenters. The molecule has 0 aliphatic carbocycles. The number of H-pyrrole nitrogens is 1. The van der Waals surface area contributed by atoms with Crippen LogP contribution >= 0.6 is 0 Å². The van der Waals surface area contributed by atoms with Gasteiger partial charge in [-0.1, -0.05) is 36.4 Å². The van der Waals surface area contributed by atoms with Crippen LogP contribution in [0.5, 0.6) is 0 Å². The number of aromatic amines is 1. The highest BCUT2D eigenvalue weighted by molar-refractivity contribution is 5.99. The van der Waals surface area contributed by atoms with E-state index < -0.39 is 0 Å². The van der Waals surface area contributed by atoms with Gasteiger partial charge in [0.05, 0.1) is 23.2 Å². The fourth-order valence-corrected chi connectivity index (χ4v) is 3.84. The van der Waals surface area contributed by atoms with Crippen molar-refractivity contribution in [2.24, 2.45) is 0 Å². The van der Waals surface area contributed by atoms with E-state index in [1.54, 1.807) is 18.3 Å². The zero-order valence-corrected chi connectivity index (χ0v) is 17.4. The number of hydrogen-bond donors (Lipinski definition) is 2. The molecule has 1 saturated heterocycles. The van der Waals surface area contributed by atoms with Crippen molar-refractivity contribution in [1.82, 2.24) is 15.2 Å². The molecule has 0 spiro atoms. The van der Waals surface area contributed by atoms with Crippen LogP contribution in [-0.4, -0.2) is 34.8 Å². The molecule has 0 radical (unpaired) electrons. The van der Waals surface area contributed by atoms with Crippen molar-refractivity contribution in [2.45, 2.75) is 25.8 Å². The van der Waals surface area contributed by atoms with Gasteiger partial charge in [0.2, 0.25) is 0 Å². The molecule has 1 aromatic heterocycles. The topological polar surface area (TPSA) is 89.0 Å². The lowest BCUT2D eigenvalue weighted by Gasteiger charge is -2.15. The molecule has 6 heteroatoms. The van der Waals surface area contributed by atoms with Gasteiger partial charge in [-0.05, 0) is 54.7 Å². The Labute approximate surface area is 181 Å². The smallest absolute Gasteiger partial charge is 0.270 e. The minimum Gasteiger partial charge on any atom is -0.356 e. The molecule has 0 saturated carbocycles. The number of aromatic nitrogens is 1. The van der Waals surface area contributed by atoms with Crippen LogP contribution in [0.3, 0.4) is 0 Å². The fraction of sp³-hybridized carbons (Fsp3) is 0.240. The molecule has 1 aliphatic rings. The highest BCUT2D eigenvalue weighted by Crippen LogP contribution is 2.23. The maximum Gasteiger partial charge on any atom is 0.270 e. The second-order valence-corrected chi connectivity index (χ2v) is 7.81. The number of benzene rings is 2. The second-order valence-electron chi connectivity index (χ2n) is 7.81. The largest absolute Gasteiger partial charge is 0.356 e. The third-order valence-corrected chi connectivity index (χ3v) is 5.65. The molecule has 1 fully saturated rings. The predicted octanol–water partition coefficient (Wildman–Crippen LogP) is 4.28. The summed E-state index contributed by atoms with van der Waals surface area (Å²) in [6.07, 6.45) is 3.64. The van der Waals surface area contributed by atoms with E-state index in [0.29, 0.717) is 16.8 Å². The van der Waals surface area contributed by atoms with E-state index in [9.17, 15) is 9.59 Å². The number of carbonyl (C=O) groups excluding carboxylic acids is 2. The number of amides is 2. The van der Waals surface area contributed by atoms with Crippen LogP contribution in [0.1, 0.15) is 57.8 Å². The molecule has 156 valence electrons. The first-order chi connectivity index (χ1) is 15.0. The van der Waals surface area contributed by atoms with Gasteiger partial charge in [-0.25, -0.2) is 0 Å². The van der Waals surface area contributed by atoms with Gasteiger partial charge in [0.15, 0.2) is 0 Å². The number of carbonyl (C=O) groups is 2. The molecule has 0 bridgehead atoms. The summed E-state index contributed by atoms with van der Waals surface area (Å²) in [6.45, 7) is 3.46. The molecule has 4 rings (SSSR count). The standard InChI is InChI=1S/C25H24N4O2/c1-17(19-7-9-20(10-8-19)21-6-4-5-18(13-21)15-26)28-24(30)22-14-23(27-16-22)25(31)29-11-2-3-12-29/h4-10,13-14,16-17,27H,2-3,11-12H2,1H3,(H,28,30). The Morgan fingerprint density at radius 2 is 1.81 bits per heavy atom. The minimum absolute atomic E-state index is 0.0549. The lowest BCUT2D eigenvalue weighted by atomic mass is 10.00. The Bertz CT molecular complexity index is 1130. The quantitative estimate of drug-likeness (QED) is 0.655. The van der Waals surface area contributed by atoms with Gasteiger partial charge < -0.3 is 15.2 Å². The maximum atomic E-state index is 12.7. The van der Waals surface area contributed by atoms with Gasteiger partial charge in [0, 0.05) is 19.3 Å². The zero-order valence-electron chi connectivity index (χ0n) is 17.4. The van der Waals surface area contributed by atoms with Crippen LogP contribution in [0, 0.1) is 11.3 Å². The molecule has 6 nitrogen and oxygen atoms in total. The van der Waals surface area contributed by atoms with Crippen molar-refractivity contribution in [2.75, 3.05) is 13.1 Å². The molecule has 2 heterocycles. The monoisotopic (exact) mass is 412 g/mol. The normalized spacial score (nSPS) is 14.1. The summed E-state index contributed by atoms with van der Waals surface area (Å²) in [5, 5.41) is 12.1. The first-order valence-corrected chi connectivity index (χ1v) is 10.4. The Morgan fingerprint density at radius 3 is 2.52 bits per heavy atom. The van der Waals surface area contributed by atoms with Crippen molar-refractivity contribution < 1.29 is 9.59 Å². The van der Waals surface area contributed by atoms with Crippen LogP contribution in [0.15, 0.2) is 60.8 Å². The Morgan fingerprint density at radius 1 is 1.06 bits per heavy atom. The molecule has 1 aliphatic heterocycles. The number of hydrogen-bond acceptors (Lipinski definition) is 3. The molecule has 3 aromatic rings. The summed E-state index contributed by atoms with van der Waals surface area (Å²) < 4.78 is 0. The lowest BCUT2D eigenvalue weighted by molar-refractivity contribution is 0.0787. The summed E-state index contributed by atoms with van der Waals surface area (Å²) in [7, 11) is 0. The molecular formula is C25H24N4O2. The summed E-state index contributed by atoms with van der Waals surface area (Å²) in [6, 6.07) is 19.0. The summed E-state index contributed by atoms with van der Waals surface area (Å²) in [5.74, 6) is -0.282. The first-order valence-electron chi connectivity index (χ1n) is 10.4. The lowest BCUT2D eigenvalue weighted by Crippen LogP contribution is -2.28. The third-order valence-electron chi connectivity index (χ3n) is 5.65. The number of nitriles is 1. The van der Waals surface area contributed by atoms with E-state index in [2.05, 4.69) is 16.4 Å². The number of nitrogens with zero attached hydrogens (tertiary/aromatic N) is 2. The molecule has 1 unspecified atom stereocenters. The van der Waals surface area contributed by atoms with Crippen molar-refractivity contribution in [3.05, 3.63) is 83.2 Å². The van der Waals surface area contributed by atoms with Crippen molar-refractivity contribution in [1.29, 1.82) is 5.26 Å². The molecule has 2 N–H and O–H groups in total. The molecule has 2 amide bonds. The number of nitrogens with one attached hydrogen (secondary N) is 2. The van der Waals surface area contributed by atoms with Gasteiger partial charge >= 0.3 is 0 Å². The highest BCUT2D eigenvalue weighted by Gasteiger charge is 2.22. The highest BCUT2D eigenvalue weighted by atomic mass is 16.2. The predicted molar refractivity (Wildman–Crippen MR) is 118 cm³/mol. The molecule has 31 heavy (non-hydrogen) atoms. The number of likely N-dealkylation sites (tertiary alicyclic amines) is 1. The van der Waals surface area contributed by atoms with E-state index >= 15 is 0 Å². The van der Waals surface area contributed by atoms with Crippen molar-refractivity contribution >= 4 is 11.8 Å². The summed E-state index contributed by atoms with van der Waals surface area (Å²) in [4.78, 5) is 29.9. The third kappa shape index (κ3) is 4.51. The van der Waals surface area contributed by atoms with Gasteiger partial charge in [0.25, 0.3) is 11.8 Å². The fourth-order valence-electron chi connectivity index (χ4n) is 3.84. The van der Waals surface area contributed by atoms with Gasteiger partial charge in [-0.3, -0.25) is 9.59 Å². The Hall–Kier alpha value is -3.85. The van der Waals surface area contributed by atoms with Gasteiger partial charge in [0.1, 0.15) is 5.69 Å². The van der Waals surface area contributed by atoms with Crippen LogP contribution in [0.2, 0.25) is 0 Å². The Kier molecular flexibility index (Phi) is 5.85. The Balaban J connectivity index is 1.41. The van der Waals surface area contributed by atoms with Crippen molar-refractivity contribution in [3.63, 3.8) is 0 Å². The van der Waals surface area contributed by atoms with Gasteiger partial charge in [-0.2, -0.15) is 5.26 Å². The van der Waals surface area contributed by atoms with E-state index in [4.69, 9.17) is 5.26 Å². The average molecular weight is 412 g/mol.